The Morgan fingerprint density at radius 2 is 1.85 bits per heavy atom. The zero-order chi connectivity index (χ0) is 18.4. The average Bonchev–Trinajstić information content (AvgIpc) is 2.70. The number of carbonyl (C=O) groups is 1. The van der Waals surface area contributed by atoms with Gasteiger partial charge in [-0.1, -0.05) is 30.3 Å². The molecule has 6 heteroatoms. The van der Waals surface area contributed by atoms with Crippen molar-refractivity contribution in [3.8, 4) is 11.5 Å². The SMILES string of the molecule is COc1ccc(CNC(=O)NC[C@H]2Cc3ccccc3CO2)cc1OC. The number of nitrogens with one attached hydrogen (secondary N) is 2. The molecule has 1 aliphatic heterocycles. The summed E-state index contributed by atoms with van der Waals surface area (Å²) >= 11 is 0. The van der Waals surface area contributed by atoms with E-state index in [2.05, 4.69) is 22.8 Å². The van der Waals surface area contributed by atoms with Gasteiger partial charge in [0.1, 0.15) is 0 Å². The fraction of sp³-hybridized carbons (Fsp3) is 0.350. The summed E-state index contributed by atoms with van der Waals surface area (Å²) in [6, 6.07) is 13.6. The highest BCUT2D eigenvalue weighted by molar-refractivity contribution is 5.73. The predicted molar refractivity (Wildman–Crippen MR) is 98.5 cm³/mol. The molecular weight excluding hydrogens is 332 g/mol. The Morgan fingerprint density at radius 3 is 2.62 bits per heavy atom. The van der Waals surface area contributed by atoms with Crippen LogP contribution in [0, 0.1) is 0 Å². The van der Waals surface area contributed by atoms with E-state index in [-0.39, 0.29) is 12.1 Å². The minimum Gasteiger partial charge on any atom is -0.493 e. The summed E-state index contributed by atoms with van der Waals surface area (Å²) in [4.78, 5) is 12.0. The second kappa shape index (κ2) is 8.58. The van der Waals surface area contributed by atoms with Crippen molar-refractivity contribution in [1.29, 1.82) is 0 Å². The van der Waals surface area contributed by atoms with E-state index in [9.17, 15) is 4.79 Å². The van der Waals surface area contributed by atoms with Crippen LogP contribution in [0.15, 0.2) is 42.5 Å². The summed E-state index contributed by atoms with van der Waals surface area (Å²) in [7, 11) is 3.18. The van der Waals surface area contributed by atoms with Crippen LogP contribution < -0.4 is 20.1 Å². The highest BCUT2D eigenvalue weighted by Crippen LogP contribution is 2.27. The number of fused-ring (bicyclic) bond motifs is 1. The van der Waals surface area contributed by atoms with Crippen LogP contribution in [0.3, 0.4) is 0 Å². The first-order valence-electron chi connectivity index (χ1n) is 8.60. The van der Waals surface area contributed by atoms with Crippen molar-refractivity contribution in [2.24, 2.45) is 0 Å². The molecule has 0 unspecified atom stereocenters. The Morgan fingerprint density at radius 1 is 1.08 bits per heavy atom. The molecule has 1 aliphatic rings. The topological polar surface area (TPSA) is 68.8 Å². The maximum absolute atomic E-state index is 12.0. The second-order valence-corrected chi connectivity index (χ2v) is 6.16. The Bertz CT molecular complexity index is 763. The Balaban J connectivity index is 1.45. The summed E-state index contributed by atoms with van der Waals surface area (Å²) in [6.07, 6.45) is 0.809. The van der Waals surface area contributed by atoms with E-state index in [1.807, 2.05) is 30.3 Å². The van der Waals surface area contributed by atoms with E-state index in [1.165, 1.54) is 11.1 Å². The monoisotopic (exact) mass is 356 g/mol. The summed E-state index contributed by atoms with van der Waals surface area (Å²) in [6.45, 7) is 1.47. The Labute approximate surface area is 153 Å². The lowest BCUT2D eigenvalue weighted by Gasteiger charge is -2.25. The maximum Gasteiger partial charge on any atom is 0.315 e. The largest absolute Gasteiger partial charge is 0.493 e. The molecule has 0 bridgehead atoms. The molecule has 2 N–H and O–H groups in total. The Kier molecular flexibility index (Phi) is 5.96. The molecule has 2 amide bonds. The molecule has 0 radical (unpaired) electrons. The number of hydrogen-bond acceptors (Lipinski definition) is 4. The average molecular weight is 356 g/mol. The van der Waals surface area contributed by atoms with Gasteiger partial charge in [-0.05, 0) is 28.8 Å². The van der Waals surface area contributed by atoms with E-state index in [1.54, 1.807) is 14.2 Å². The molecule has 1 atom stereocenters. The molecule has 26 heavy (non-hydrogen) atoms. The number of hydrogen-bond donors (Lipinski definition) is 2. The molecule has 0 saturated heterocycles. The summed E-state index contributed by atoms with van der Waals surface area (Å²) in [5, 5.41) is 5.72. The second-order valence-electron chi connectivity index (χ2n) is 6.16. The van der Waals surface area contributed by atoms with Gasteiger partial charge in [0.25, 0.3) is 0 Å². The first kappa shape index (κ1) is 18.1. The molecule has 0 aromatic heterocycles. The van der Waals surface area contributed by atoms with Crippen molar-refractivity contribution in [3.63, 3.8) is 0 Å². The molecule has 1 heterocycles. The zero-order valence-corrected chi connectivity index (χ0v) is 15.1. The maximum atomic E-state index is 12.0. The lowest BCUT2D eigenvalue weighted by molar-refractivity contribution is 0.0305. The van der Waals surface area contributed by atoms with Crippen molar-refractivity contribution < 1.29 is 19.0 Å². The molecule has 3 rings (SSSR count). The molecular formula is C20H24N2O4. The van der Waals surface area contributed by atoms with E-state index in [4.69, 9.17) is 14.2 Å². The normalized spacial score (nSPS) is 15.7. The number of rotatable bonds is 6. The van der Waals surface area contributed by atoms with Crippen molar-refractivity contribution in [2.45, 2.75) is 25.7 Å². The summed E-state index contributed by atoms with van der Waals surface area (Å²) < 4.78 is 16.3. The van der Waals surface area contributed by atoms with Gasteiger partial charge >= 0.3 is 6.03 Å². The number of urea groups is 1. The molecule has 2 aromatic rings. The van der Waals surface area contributed by atoms with Gasteiger partial charge in [0, 0.05) is 19.5 Å². The third-order valence-corrected chi connectivity index (χ3v) is 4.43. The number of amides is 2. The van der Waals surface area contributed by atoms with E-state index >= 15 is 0 Å². The molecule has 6 nitrogen and oxygen atoms in total. The van der Waals surface area contributed by atoms with Crippen molar-refractivity contribution in [3.05, 3.63) is 59.2 Å². The van der Waals surface area contributed by atoms with E-state index in [0.717, 1.165) is 12.0 Å². The smallest absolute Gasteiger partial charge is 0.315 e. The molecule has 0 aliphatic carbocycles. The molecule has 138 valence electrons. The fourth-order valence-corrected chi connectivity index (χ4v) is 2.98. The first-order chi connectivity index (χ1) is 12.7. The highest BCUT2D eigenvalue weighted by Gasteiger charge is 2.19. The number of benzene rings is 2. The third kappa shape index (κ3) is 4.46. The van der Waals surface area contributed by atoms with Gasteiger partial charge in [0.05, 0.1) is 26.9 Å². The van der Waals surface area contributed by atoms with E-state index < -0.39 is 0 Å². The predicted octanol–water partition coefficient (Wildman–Crippen LogP) is 2.64. The van der Waals surface area contributed by atoms with Crippen LogP contribution in [0.1, 0.15) is 16.7 Å². The van der Waals surface area contributed by atoms with Crippen LogP contribution >= 0.6 is 0 Å². The quantitative estimate of drug-likeness (QED) is 0.835. The summed E-state index contributed by atoms with van der Waals surface area (Å²) in [5.41, 5.74) is 3.44. The van der Waals surface area contributed by atoms with Gasteiger partial charge in [-0.25, -0.2) is 4.79 Å². The van der Waals surface area contributed by atoms with Gasteiger partial charge in [-0.3, -0.25) is 0 Å². The highest BCUT2D eigenvalue weighted by atomic mass is 16.5. The van der Waals surface area contributed by atoms with Crippen LogP contribution in [-0.2, 0) is 24.3 Å². The van der Waals surface area contributed by atoms with Crippen molar-refractivity contribution in [2.75, 3.05) is 20.8 Å². The number of carbonyl (C=O) groups excluding carboxylic acids is 1. The number of methoxy groups -OCH3 is 2. The van der Waals surface area contributed by atoms with Crippen molar-refractivity contribution in [1.82, 2.24) is 10.6 Å². The van der Waals surface area contributed by atoms with Crippen molar-refractivity contribution >= 4 is 6.03 Å². The molecule has 2 aromatic carbocycles. The first-order valence-corrected chi connectivity index (χ1v) is 8.60. The van der Waals surface area contributed by atoms with Crippen LogP contribution in [0.4, 0.5) is 4.79 Å². The van der Waals surface area contributed by atoms with E-state index in [0.29, 0.717) is 31.2 Å². The third-order valence-electron chi connectivity index (χ3n) is 4.43. The Hall–Kier alpha value is -2.73. The van der Waals surface area contributed by atoms with Gasteiger partial charge in [-0.2, -0.15) is 0 Å². The number of ether oxygens (including phenoxy) is 3. The minimum absolute atomic E-state index is 0.00303. The lowest BCUT2D eigenvalue weighted by Crippen LogP contribution is -2.41. The van der Waals surface area contributed by atoms with Gasteiger partial charge in [0.15, 0.2) is 11.5 Å². The zero-order valence-electron chi connectivity index (χ0n) is 15.1. The lowest BCUT2D eigenvalue weighted by atomic mass is 9.99. The minimum atomic E-state index is -0.220. The van der Waals surface area contributed by atoms with Gasteiger partial charge in [-0.15, -0.1) is 0 Å². The van der Waals surface area contributed by atoms with Crippen LogP contribution in [0.5, 0.6) is 11.5 Å². The van der Waals surface area contributed by atoms with Crippen LogP contribution in [-0.4, -0.2) is 32.9 Å². The molecule has 0 saturated carbocycles. The van der Waals surface area contributed by atoms with Crippen LogP contribution in [0.2, 0.25) is 0 Å². The molecule has 0 spiro atoms. The van der Waals surface area contributed by atoms with Gasteiger partial charge in [0.2, 0.25) is 0 Å². The standard InChI is InChI=1S/C20H24N2O4/c1-24-18-8-7-14(9-19(18)25-2)11-21-20(23)22-12-17-10-15-5-3-4-6-16(15)13-26-17/h3-9,17H,10-13H2,1-2H3,(H2,21,22,23)/t17-/m1/s1. The van der Waals surface area contributed by atoms with Gasteiger partial charge < -0.3 is 24.8 Å². The fourth-order valence-electron chi connectivity index (χ4n) is 2.98. The molecule has 0 fully saturated rings. The van der Waals surface area contributed by atoms with Crippen LogP contribution in [0.25, 0.3) is 0 Å². The summed E-state index contributed by atoms with van der Waals surface area (Å²) in [5.74, 6) is 1.30.